The third-order valence-corrected chi connectivity index (χ3v) is 4.10. The molecule has 0 radical (unpaired) electrons. The fourth-order valence-electron chi connectivity index (χ4n) is 2.76. The zero-order valence-electron chi connectivity index (χ0n) is 13.9. The SMILES string of the molecule is COc1cccc(-c2cc(-c3ccccc3C(=O)O)n(C)c(=O)c2)c1. The molecule has 1 heterocycles. The molecule has 0 amide bonds. The number of methoxy groups -OCH3 is 1. The lowest BCUT2D eigenvalue weighted by Crippen LogP contribution is -2.18. The topological polar surface area (TPSA) is 68.5 Å². The molecule has 126 valence electrons. The molecule has 0 saturated carbocycles. The van der Waals surface area contributed by atoms with Gasteiger partial charge in [-0.3, -0.25) is 4.79 Å². The molecular weight excluding hydrogens is 318 g/mol. The van der Waals surface area contributed by atoms with Crippen LogP contribution in [0, 0.1) is 0 Å². The van der Waals surface area contributed by atoms with Crippen LogP contribution < -0.4 is 10.3 Å². The molecule has 5 nitrogen and oxygen atoms in total. The number of aromatic carboxylic acids is 1. The molecule has 25 heavy (non-hydrogen) atoms. The van der Waals surface area contributed by atoms with Gasteiger partial charge in [0, 0.05) is 18.7 Å². The zero-order valence-corrected chi connectivity index (χ0v) is 13.9. The third kappa shape index (κ3) is 3.17. The number of hydrogen-bond donors (Lipinski definition) is 1. The van der Waals surface area contributed by atoms with Crippen LogP contribution in [0.25, 0.3) is 22.4 Å². The molecule has 0 aliphatic heterocycles. The summed E-state index contributed by atoms with van der Waals surface area (Å²) in [4.78, 5) is 24.0. The highest BCUT2D eigenvalue weighted by molar-refractivity contribution is 5.95. The van der Waals surface area contributed by atoms with Gasteiger partial charge in [-0.25, -0.2) is 4.79 Å². The Balaban J connectivity index is 2.24. The summed E-state index contributed by atoms with van der Waals surface area (Å²) in [5, 5.41) is 9.44. The Bertz CT molecular complexity index is 1000. The molecule has 0 spiro atoms. The first-order valence-electron chi connectivity index (χ1n) is 7.69. The molecule has 0 aliphatic carbocycles. The summed E-state index contributed by atoms with van der Waals surface area (Å²) in [7, 11) is 3.21. The summed E-state index contributed by atoms with van der Waals surface area (Å²) < 4.78 is 6.68. The van der Waals surface area contributed by atoms with Crippen molar-refractivity contribution in [2.24, 2.45) is 7.05 Å². The van der Waals surface area contributed by atoms with E-state index in [0.717, 1.165) is 5.56 Å². The summed E-state index contributed by atoms with van der Waals surface area (Å²) >= 11 is 0. The summed E-state index contributed by atoms with van der Waals surface area (Å²) in [5.74, 6) is -0.347. The van der Waals surface area contributed by atoms with Crippen LogP contribution in [0.1, 0.15) is 10.4 Å². The van der Waals surface area contributed by atoms with Crippen LogP contribution in [-0.4, -0.2) is 22.8 Å². The molecule has 0 fully saturated rings. The van der Waals surface area contributed by atoms with Gasteiger partial charge in [0.25, 0.3) is 5.56 Å². The second-order valence-electron chi connectivity index (χ2n) is 5.61. The molecule has 2 aromatic carbocycles. The van der Waals surface area contributed by atoms with Crippen molar-refractivity contribution in [1.29, 1.82) is 0 Å². The van der Waals surface area contributed by atoms with Gasteiger partial charge in [-0.05, 0) is 35.4 Å². The maximum atomic E-state index is 12.4. The van der Waals surface area contributed by atoms with Gasteiger partial charge in [-0.1, -0.05) is 30.3 Å². The molecule has 0 bridgehead atoms. The van der Waals surface area contributed by atoms with Gasteiger partial charge in [-0.2, -0.15) is 0 Å². The number of carboxylic acids is 1. The van der Waals surface area contributed by atoms with Crippen LogP contribution in [0.2, 0.25) is 0 Å². The number of hydrogen-bond acceptors (Lipinski definition) is 3. The molecule has 0 unspecified atom stereocenters. The molecule has 1 aromatic heterocycles. The van der Waals surface area contributed by atoms with E-state index in [-0.39, 0.29) is 11.1 Å². The molecule has 3 aromatic rings. The Hall–Kier alpha value is -3.34. The van der Waals surface area contributed by atoms with Crippen LogP contribution in [-0.2, 0) is 7.05 Å². The highest BCUT2D eigenvalue weighted by Crippen LogP contribution is 2.28. The Labute approximate surface area is 144 Å². The van der Waals surface area contributed by atoms with Crippen molar-refractivity contribution in [3.05, 3.63) is 76.6 Å². The second-order valence-corrected chi connectivity index (χ2v) is 5.61. The van der Waals surface area contributed by atoms with E-state index in [4.69, 9.17) is 4.74 Å². The summed E-state index contributed by atoms with van der Waals surface area (Å²) in [6.07, 6.45) is 0. The van der Waals surface area contributed by atoms with E-state index >= 15 is 0 Å². The normalized spacial score (nSPS) is 10.5. The molecular formula is C20H17NO4. The molecule has 0 aliphatic rings. The van der Waals surface area contributed by atoms with Crippen molar-refractivity contribution in [2.75, 3.05) is 7.11 Å². The van der Waals surface area contributed by atoms with E-state index < -0.39 is 5.97 Å². The number of pyridine rings is 1. The van der Waals surface area contributed by atoms with E-state index in [1.807, 2.05) is 30.3 Å². The van der Waals surface area contributed by atoms with Gasteiger partial charge in [0.05, 0.1) is 18.4 Å². The molecule has 3 rings (SSSR count). The maximum Gasteiger partial charge on any atom is 0.336 e. The van der Waals surface area contributed by atoms with E-state index in [0.29, 0.717) is 22.6 Å². The Kier molecular flexibility index (Phi) is 4.39. The predicted molar refractivity (Wildman–Crippen MR) is 96.1 cm³/mol. The minimum absolute atomic E-state index is 0.153. The minimum atomic E-state index is -1.03. The van der Waals surface area contributed by atoms with Crippen molar-refractivity contribution in [3.63, 3.8) is 0 Å². The number of rotatable bonds is 4. The first kappa shape index (κ1) is 16.5. The first-order valence-corrected chi connectivity index (χ1v) is 7.69. The Morgan fingerprint density at radius 2 is 1.76 bits per heavy atom. The monoisotopic (exact) mass is 335 g/mol. The van der Waals surface area contributed by atoms with E-state index in [1.54, 1.807) is 32.4 Å². The van der Waals surface area contributed by atoms with Gasteiger partial charge in [-0.15, -0.1) is 0 Å². The number of nitrogens with zero attached hydrogens (tertiary/aromatic N) is 1. The number of carboxylic acid groups (broad SMARTS) is 1. The van der Waals surface area contributed by atoms with Crippen LogP contribution in [0.3, 0.4) is 0 Å². The minimum Gasteiger partial charge on any atom is -0.497 e. The lowest BCUT2D eigenvalue weighted by molar-refractivity contribution is 0.0697. The number of carbonyl (C=O) groups is 1. The van der Waals surface area contributed by atoms with Gasteiger partial charge in [0.15, 0.2) is 0 Å². The highest BCUT2D eigenvalue weighted by atomic mass is 16.5. The van der Waals surface area contributed by atoms with E-state index in [1.165, 1.54) is 16.7 Å². The quantitative estimate of drug-likeness (QED) is 0.793. The second kappa shape index (κ2) is 6.65. The molecule has 5 heteroatoms. The predicted octanol–water partition coefficient (Wildman–Crippen LogP) is 3.43. The Morgan fingerprint density at radius 1 is 1.00 bits per heavy atom. The van der Waals surface area contributed by atoms with E-state index in [2.05, 4.69) is 0 Å². The highest BCUT2D eigenvalue weighted by Gasteiger charge is 2.15. The fourth-order valence-corrected chi connectivity index (χ4v) is 2.76. The smallest absolute Gasteiger partial charge is 0.336 e. The molecule has 0 atom stereocenters. The van der Waals surface area contributed by atoms with Crippen molar-refractivity contribution in [2.45, 2.75) is 0 Å². The van der Waals surface area contributed by atoms with Crippen molar-refractivity contribution in [3.8, 4) is 28.1 Å². The summed E-state index contributed by atoms with van der Waals surface area (Å²) in [6, 6.07) is 17.4. The third-order valence-electron chi connectivity index (χ3n) is 4.10. The number of ether oxygens (including phenoxy) is 1. The Morgan fingerprint density at radius 3 is 2.48 bits per heavy atom. The fraction of sp³-hybridized carbons (Fsp3) is 0.100. The van der Waals surface area contributed by atoms with Gasteiger partial charge < -0.3 is 14.4 Å². The lowest BCUT2D eigenvalue weighted by Gasteiger charge is -2.13. The largest absolute Gasteiger partial charge is 0.497 e. The van der Waals surface area contributed by atoms with Gasteiger partial charge in [0.1, 0.15) is 5.75 Å². The summed E-state index contributed by atoms with van der Waals surface area (Å²) in [5.41, 5.74) is 2.52. The first-order chi connectivity index (χ1) is 12.0. The standard InChI is InChI=1S/C20H17NO4/c1-21-18(16-8-3-4-9-17(16)20(23)24)11-14(12-19(21)22)13-6-5-7-15(10-13)25-2/h3-12H,1-2H3,(H,23,24). The van der Waals surface area contributed by atoms with Crippen molar-refractivity contribution >= 4 is 5.97 Å². The van der Waals surface area contributed by atoms with Crippen LogP contribution in [0.4, 0.5) is 0 Å². The van der Waals surface area contributed by atoms with Crippen molar-refractivity contribution < 1.29 is 14.6 Å². The number of benzene rings is 2. The zero-order chi connectivity index (χ0) is 18.0. The van der Waals surface area contributed by atoms with Gasteiger partial charge >= 0.3 is 5.97 Å². The van der Waals surface area contributed by atoms with E-state index in [9.17, 15) is 14.7 Å². The van der Waals surface area contributed by atoms with Crippen LogP contribution in [0.5, 0.6) is 5.75 Å². The van der Waals surface area contributed by atoms with Crippen molar-refractivity contribution in [1.82, 2.24) is 4.57 Å². The number of aromatic nitrogens is 1. The average Bonchev–Trinajstić information content (AvgIpc) is 2.63. The molecule has 0 saturated heterocycles. The maximum absolute atomic E-state index is 12.4. The molecule has 1 N–H and O–H groups in total. The van der Waals surface area contributed by atoms with Crippen LogP contribution >= 0.6 is 0 Å². The lowest BCUT2D eigenvalue weighted by atomic mass is 9.99. The average molecular weight is 335 g/mol. The summed E-state index contributed by atoms with van der Waals surface area (Å²) in [6.45, 7) is 0. The van der Waals surface area contributed by atoms with Gasteiger partial charge in [0.2, 0.25) is 0 Å². The van der Waals surface area contributed by atoms with Crippen LogP contribution in [0.15, 0.2) is 65.5 Å².